The largest absolute Gasteiger partial charge is 0.334 e. The summed E-state index contributed by atoms with van der Waals surface area (Å²) in [5, 5.41) is 6.54. The van der Waals surface area contributed by atoms with Crippen LogP contribution >= 0.6 is 22.7 Å². The van der Waals surface area contributed by atoms with Gasteiger partial charge < -0.3 is 0 Å². The molecule has 0 spiro atoms. The number of hydrogen-bond acceptors (Lipinski definition) is 6. The van der Waals surface area contributed by atoms with Crippen molar-refractivity contribution in [2.75, 3.05) is 6.54 Å². The Morgan fingerprint density at radius 3 is 2.64 bits per heavy atom. The van der Waals surface area contributed by atoms with Crippen LogP contribution in [0.4, 0.5) is 4.79 Å². The average Bonchev–Trinajstić information content (AvgIpc) is 3.21. The first-order chi connectivity index (χ1) is 10.6. The molecule has 112 valence electrons. The van der Waals surface area contributed by atoms with Gasteiger partial charge in [-0.3, -0.25) is 14.5 Å². The number of aromatic nitrogens is 1. The molecular formula is C14H11N3O3S2. The molecule has 3 heterocycles. The number of carbonyl (C=O) groups is 3. The van der Waals surface area contributed by atoms with Crippen LogP contribution in [-0.4, -0.2) is 39.2 Å². The van der Waals surface area contributed by atoms with Gasteiger partial charge in [-0.2, -0.15) is 11.3 Å². The van der Waals surface area contributed by atoms with Crippen molar-refractivity contribution in [3.63, 3.8) is 0 Å². The second-order valence-electron chi connectivity index (χ2n) is 4.53. The molecule has 2 aromatic heterocycles. The summed E-state index contributed by atoms with van der Waals surface area (Å²) in [4.78, 5) is 41.9. The van der Waals surface area contributed by atoms with Crippen molar-refractivity contribution < 1.29 is 14.4 Å². The van der Waals surface area contributed by atoms with E-state index in [9.17, 15) is 14.4 Å². The average molecular weight is 333 g/mol. The van der Waals surface area contributed by atoms with E-state index in [1.54, 1.807) is 16.7 Å². The van der Waals surface area contributed by atoms with E-state index < -0.39 is 17.8 Å². The van der Waals surface area contributed by atoms with Gasteiger partial charge in [0.25, 0.3) is 0 Å². The third-order valence-electron chi connectivity index (χ3n) is 3.09. The van der Waals surface area contributed by atoms with Gasteiger partial charge >= 0.3 is 17.8 Å². The maximum atomic E-state index is 12.1. The molecule has 1 saturated heterocycles. The van der Waals surface area contributed by atoms with Crippen molar-refractivity contribution in [3.8, 4) is 10.6 Å². The summed E-state index contributed by atoms with van der Waals surface area (Å²) in [7, 11) is 0. The van der Waals surface area contributed by atoms with E-state index >= 15 is 0 Å². The number of carbonyl (C=O) groups excluding carboxylic acids is 3. The monoisotopic (exact) mass is 333 g/mol. The second kappa shape index (κ2) is 5.82. The number of thiophene rings is 1. The Morgan fingerprint density at radius 2 is 1.95 bits per heavy atom. The van der Waals surface area contributed by atoms with Crippen molar-refractivity contribution in [2.45, 2.75) is 6.54 Å². The highest BCUT2D eigenvalue weighted by Gasteiger charge is 2.43. The topological polar surface area (TPSA) is 70.6 Å². The summed E-state index contributed by atoms with van der Waals surface area (Å²) in [6.45, 7) is 3.50. The predicted molar refractivity (Wildman–Crippen MR) is 83.3 cm³/mol. The lowest BCUT2D eigenvalue weighted by Crippen LogP contribution is -2.33. The molecule has 6 nitrogen and oxygen atoms in total. The highest BCUT2D eigenvalue weighted by Crippen LogP contribution is 2.26. The van der Waals surface area contributed by atoms with Crippen LogP contribution in [0, 0.1) is 0 Å². The van der Waals surface area contributed by atoms with Crippen LogP contribution < -0.4 is 0 Å². The van der Waals surface area contributed by atoms with E-state index in [0.717, 1.165) is 20.4 Å². The van der Waals surface area contributed by atoms with Gasteiger partial charge in [-0.1, -0.05) is 6.08 Å². The number of urea groups is 1. The molecule has 0 radical (unpaired) electrons. The number of thiazole rings is 1. The van der Waals surface area contributed by atoms with Gasteiger partial charge in [0.15, 0.2) is 0 Å². The van der Waals surface area contributed by atoms with Crippen LogP contribution in [0.5, 0.6) is 0 Å². The number of imide groups is 2. The zero-order valence-corrected chi connectivity index (χ0v) is 13.0. The van der Waals surface area contributed by atoms with Crippen molar-refractivity contribution in [2.24, 2.45) is 0 Å². The Balaban J connectivity index is 1.78. The minimum Gasteiger partial charge on any atom is -0.263 e. The molecule has 0 bridgehead atoms. The van der Waals surface area contributed by atoms with E-state index in [1.165, 1.54) is 17.4 Å². The fourth-order valence-electron chi connectivity index (χ4n) is 2.04. The maximum Gasteiger partial charge on any atom is 0.334 e. The molecule has 1 fully saturated rings. The first-order valence-electron chi connectivity index (χ1n) is 6.37. The zero-order chi connectivity index (χ0) is 15.7. The SMILES string of the molecule is C=CCN1C(=O)C(=O)N(Cc2csc(-c3ccsc3)n2)C1=O. The summed E-state index contributed by atoms with van der Waals surface area (Å²) in [6.07, 6.45) is 1.41. The van der Waals surface area contributed by atoms with E-state index in [1.807, 2.05) is 16.8 Å². The highest BCUT2D eigenvalue weighted by atomic mass is 32.1. The van der Waals surface area contributed by atoms with Gasteiger partial charge in [0.1, 0.15) is 5.01 Å². The molecule has 22 heavy (non-hydrogen) atoms. The fraction of sp³-hybridized carbons (Fsp3) is 0.143. The minimum atomic E-state index is -0.822. The molecule has 0 aliphatic carbocycles. The third-order valence-corrected chi connectivity index (χ3v) is 4.71. The summed E-state index contributed by atoms with van der Waals surface area (Å²) in [6, 6.07) is 1.33. The lowest BCUT2D eigenvalue weighted by Gasteiger charge is -2.12. The molecule has 3 rings (SSSR count). The van der Waals surface area contributed by atoms with Gasteiger partial charge in [-0.05, 0) is 11.4 Å². The van der Waals surface area contributed by atoms with Crippen LogP contribution in [0.1, 0.15) is 5.69 Å². The number of rotatable bonds is 5. The van der Waals surface area contributed by atoms with Crippen LogP contribution in [0.15, 0.2) is 34.9 Å². The van der Waals surface area contributed by atoms with Crippen molar-refractivity contribution >= 4 is 40.5 Å². The Hall–Kier alpha value is -2.32. The molecule has 0 atom stereocenters. The van der Waals surface area contributed by atoms with Gasteiger partial charge in [0.05, 0.1) is 12.2 Å². The predicted octanol–water partition coefficient (Wildman–Crippen LogP) is 2.35. The smallest absolute Gasteiger partial charge is 0.263 e. The van der Waals surface area contributed by atoms with Crippen molar-refractivity contribution in [1.82, 2.24) is 14.8 Å². The molecule has 8 heteroatoms. The van der Waals surface area contributed by atoms with Crippen LogP contribution in [0.3, 0.4) is 0 Å². The van der Waals surface area contributed by atoms with Crippen molar-refractivity contribution in [1.29, 1.82) is 0 Å². The molecule has 0 saturated carbocycles. The van der Waals surface area contributed by atoms with E-state index in [-0.39, 0.29) is 13.1 Å². The lowest BCUT2D eigenvalue weighted by atomic mass is 10.3. The zero-order valence-electron chi connectivity index (χ0n) is 11.4. The first kappa shape index (κ1) is 14.6. The van der Waals surface area contributed by atoms with Gasteiger partial charge in [-0.15, -0.1) is 17.9 Å². The first-order valence-corrected chi connectivity index (χ1v) is 8.19. The normalized spacial score (nSPS) is 15.0. The number of hydrogen-bond donors (Lipinski definition) is 0. The fourth-order valence-corrected chi connectivity index (χ4v) is 3.56. The number of amides is 4. The van der Waals surface area contributed by atoms with Gasteiger partial charge in [0.2, 0.25) is 0 Å². The van der Waals surface area contributed by atoms with Crippen molar-refractivity contribution in [3.05, 3.63) is 40.6 Å². The Labute approximate surface area is 134 Å². The van der Waals surface area contributed by atoms with E-state index in [4.69, 9.17) is 0 Å². The van der Waals surface area contributed by atoms with Gasteiger partial charge in [0, 0.05) is 22.9 Å². The maximum absolute atomic E-state index is 12.1. The van der Waals surface area contributed by atoms with Crippen LogP contribution in [0.2, 0.25) is 0 Å². The molecule has 0 N–H and O–H groups in total. The van der Waals surface area contributed by atoms with Gasteiger partial charge in [-0.25, -0.2) is 14.7 Å². The highest BCUT2D eigenvalue weighted by molar-refractivity contribution is 7.14. The third kappa shape index (κ3) is 2.46. The quantitative estimate of drug-likeness (QED) is 0.478. The molecule has 4 amide bonds. The molecular weight excluding hydrogens is 322 g/mol. The standard InChI is InChI=1S/C14H11N3O3S2/c1-2-4-16-12(18)13(19)17(14(16)20)6-10-8-22-11(15-10)9-3-5-21-7-9/h2-3,5,7-8H,1,4,6H2. The summed E-state index contributed by atoms with van der Waals surface area (Å²) >= 11 is 3.01. The number of nitrogens with zero attached hydrogens (tertiary/aromatic N) is 3. The van der Waals surface area contributed by atoms with Crippen LogP contribution in [-0.2, 0) is 16.1 Å². The molecule has 1 aliphatic rings. The minimum absolute atomic E-state index is 0.00229. The summed E-state index contributed by atoms with van der Waals surface area (Å²) < 4.78 is 0. The molecule has 0 aromatic carbocycles. The Kier molecular flexibility index (Phi) is 3.86. The summed E-state index contributed by atoms with van der Waals surface area (Å²) in [5.74, 6) is -1.64. The molecule has 0 unspecified atom stereocenters. The Bertz CT molecular complexity index is 751. The molecule has 2 aromatic rings. The molecule has 1 aliphatic heterocycles. The summed E-state index contributed by atoms with van der Waals surface area (Å²) in [5.41, 5.74) is 1.59. The van der Waals surface area contributed by atoms with Crippen LogP contribution in [0.25, 0.3) is 10.6 Å². The van der Waals surface area contributed by atoms with E-state index in [2.05, 4.69) is 11.6 Å². The Morgan fingerprint density at radius 1 is 1.18 bits per heavy atom. The lowest BCUT2D eigenvalue weighted by molar-refractivity contribution is -0.143. The second-order valence-corrected chi connectivity index (χ2v) is 6.17. The van der Waals surface area contributed by atoms with E-state index in [0.29, 0.717) is 5.69 Å².